The van der Waals surface area contributed by atoms with Gasteiger partial charge in [0, 0.05) is 17.3 Å². The number of carbonyl (C=O) groups excluding carboxylic acids is 1. The highest BCUT2D eigenvalue weighted by Gasteiger charge is 2.12. The Morgan fingerprint density at radius 1 is 1.26 bits per heavy atom. The molecule has 0 spiro atoms. The molecule has 0 aliphatic heterocycles. The Morgan fingerprint density at radius 2 is 1.95 bits per heavy atom. The minimum absolute atomic E-state index is 0.0164. The maximum atomic E-state index is 12.2. The van der Waals surface area contributed by atoms with E-state index in [2.05, 4.69) is 24.6 Å². The number of hydrazine groups is 1. The van der Waals surface area contributed by atoms with E-state index in [1.54, 1.807) is 12.1 Å². The van der Waals surface area contributed by atoms with Gasteiger partial charge in [0.2, 0.25) is 0 Å². The summed E-state index contributed by atoms with van der Waals surface area (Å²) in [7, 11) is 0. The SMILES string of the molecule is Cc1cc(NN)ccc1C(=O)NC(C)CCC(C)C. The molecule has 19 heavy (non-hydrogen) atoms. The van der Waals surface area contributed by atoms with Gasteiger partial charge < -0.3 is 10.7 Å². The van der Waals surface area contributed by atoms with Gasteiger partial charge in [-0.3, -0.25) is 10.6 Å². The lowest BCUT2D eigenvalue weighted by molar-refractivity contribution is 0.0936. The summed E-state index contributed by atoms with van der Waals surface area (Å²) in [6.07, 6.45) is 2.13. The fourth-order valence-corrected chi connectivity index (χ4v) is 1.97. The first-order valence-electron chi connectivity index (χ1n) is 6.82. The van der Waals surface area contributed by atoms with Crippen LogP contribution in [0, 0.1) is 12.8 Å². The molecule has 1 rings (SSSR count). The minimum Gasteiger partial charge on any atom is -0.350 e. The van der Waals surface area contributed by atoms with Crippen LogP contribution in [0.4, 0.5) is 5.69 Å². The topological polar surface area (TPSA) is 67.1 Å². The lowest BCUT2D eigenvalue weighted by Gasteiger charge is -2.16. The summed E-state index contributed by atoms with van der Waals surface area (Å²) in [6.45, 7) is 8.34. The number of aryl methyl sites for hydroxylation is 1. The van der Waals surface area contributed by atoms with E-state index in [1.807, 2.05) is 19.9 Å². The van der Waals surface area contributed by atoms with E-state index >= 15 is 0 Å². The summed E-state index contributed by atoms with van der Waals surface area (Å²) in [5.41, 5.74) is 5.01. The first-order chi connectivity index (χ1) is 8.93. The highest BCUT2D eigenvalue weighted by atomic mass is 16.1. The van der Waals surface area contributed by atoms with Crippen molar-refractivity contribution in [2.24, 2.45) is 11.8 Å². The normalized spacial score (nSPS) is 12.3. The number of amides is 1. The van der Waals surface area contributed by atoms with Crippen LogP contribution in [-0.4, -0.2) is 11.9 Å². The molecule has 4 nitrogen and oxygen atoms in total. The van der Waals surface area contributed by atoms with E-state index in [-0.39, 0.29) is 11.9 Å². The minimum atomic E-state index is -0.0164. The Morgan fingerprint density at radius 3 is 2.47 bits per heavy atom. The number of nitrogens with two attached hydrogens (primary N) is 1. The average molecular weight is 263 g/mol. The number of hydrogen-bond donors (Lipinski definition) is 3. The molecule has 0 aliphatic carbocycles. The second-order valence-corrected chi connectivity index (χ2v) is 5.52. The highest BCUT2D eigenvalue weighted by molar-refractivity contribution is 5.96. The van der Waals surface area contributed by atoms with Gasteiger partial charge in [0.15, 0.2) is 0 Å². The lowest BCUT2D eigenvalue weighted by Crippen LogP contribution is -2.33. The van der Waals surface area contributed by atoms with Gasteiger partial charge in [0.1, 0.15) is 0 Å². The first kappa shape index (κ1) is 15.5. The third kappa shape index (κ3) is 4.91. The average Bonchev–Trinajstić information content (AvgIpc) is 2.35. The van der Waals surface area contributed by atoms with E-state index in [1.165, 1.54) is 0 Å². The summed E-state index contributed by atoms with van der Waals surface area (Å²) in [4.78, 5) is 12.2. The van der Waals surface area contributed by atoms with Gasteiger partial charge in [0.25, 0.3) is 5.91 Å². The van der Waals surface area contributed by atoms with Crippen molar-refractivity contribution in [3.05, 3.63) is 29.3 Å². The standard InChI is InChI=1S/C15H25N3O/c1-10(2)5-6-12(4)17-15(19)14-8-7-13(18-16)9-11(14)3/h7-10,12,18H,5-6,16H2,1-4H3,(H,17,19). The molecule has 0 aromatic heterocycles. The molecule has 0 fully saturated rings. The molecule has 1 aromatic carbocycles. The van der Waals surface area contributed by atoms with Crippen LogP contribution in [0.1, 0.15) is 49.5 Å². The van der Waals surface area contributed by atoms with Crippen LogP contribution in [0.15, 0.2) is 18.2 Å². The maximum absolute atomic E-state index is 12.2. The second-order valence-electron chi connectivity index (χ2n) is 5.52. The van der Waals surface area contributed by atoms with Crippen molar-refractivity contribution in [3.63, 3.8) is 0 Å². The van der Waals surface area contributed by atoms with E-state index < -0.39 is 0 Å². The molecule has 1 amide bonds. The molecule has 0 radical (unpaired) electrons. The smallest absolute Gasteiger partial charge is 0.251 e. The van der Waals surface area contributed by atoms with Crippen molar-refractivity contribution in [1.29, 1.82) is 0 Å². The van der Waals surface area contributed by atoms with E-state index in [0.29, 0.717) is 11.5 Å². The Kier molecular flexibility index (Phi) is 5.83. The van der Waals surface area contributed by atoms with E-state index in [0.717, 1.165) is 24.1 Å². The molecule has 0 saturated carbocycles. The van der Waals surface area contributed by atoms with Gasteiger partial charge >= 0.3 is 0 Å². The Hall–Kier alpha value is -1.55. The van der Waals surface area contributed by atoms with E-state index in [9.17, 15) is 4.79 Å². The molecule has 1 atom stereocenters. The molecule has 1 aromatic rings. The summed E-state index contributed by atoms with van der Waals surface area (Å²) in [5, 5.41) is 3.04. The predicted octanol–water partition coefficient (Wildman–Crippen LogP) is 2.84. The van der Waals surface area contributed by atoms with Crippen LogP contribution >= 0.6 is 0 Å². The third-order valence-corrected chi connectivity index (χ3v) is 3.19. The fraction of sp³-hybridized carbons (Fsp3) is 0.533. The fourth-order valence-electron chi connectivity index (χ4n) is 1.97. The third-order valence-electron chi connectivity index (χ3n) is 3.19. The second kappa shape index (κ2) is 7.14. The quantitative estimate of drug-likeness (QED) is 0.546. The zero-order valence-electron chi connectivity index (χ0n) is 12.3. The molecular formula is C15H25N3O. The molecule has 0 saturated heterocycles. The molecule has 0 heterocycles. The Labute approximate surface area is 115 Å². The molecule has 4 N–H and O–H groups in total. The molecular weight excluding hydrogens is 238 g/mol. The monoisotopic (exact) mass is 263 g/mol. The molecule has 4 heteroatoms. The lowest BCUT2D eigenvalue weighted by atomic mass is 10.0. The van der Waals surface area contributed by atoms with Crippen molar-refractivity contribution in [2.75, 3.05) is 5.43 Å². The molecule has 1 unspecified atom stereocenters. The first-order valence-corrected chi connectivity index (χ1v) is 6.82. The van der Waals surface area contributed by atoms with Gasteiger partial charge in [-0.2, -0.15) is 0 Å². The predicted molar refractivity (Wildman–Crippen MR) is 80.0 cm³/mol. The van der Waals surface area contributed by atoms with Gasteiger partial charge in [-0.15, -0.1) is 0 Å². The maximum Gasteiger partial charge on any atom is 0.251 e. The van der Waals surface area contributed by atoms with Crippen molar-refractivity contribution in [2.45, 2.75) is 46.6 Å². The number of nitrogens with one attached hydrogen (secondary N) is 2. The van der Waals surface area contributed by atoms with Crippen LogP contribution in [-0.2, 0) is 0 Å². The van der Waals surface area contributed by atoms with Crippen LogP contribution < -0.4 is 16.6 Å². The Balaban J connectivity index is 2.62. The molecule has 0 bridgehead atoms. The van der Waals surface area contributed by atoms with E-state index in [4.69, 9.17) is 5.84 Å². The number of hydrogen-bond acceptors (Lipinski definition) is 3. The van der Waals surface area contributed by atoms with Crippen molar-refractivity contribution < 1.29 is 4.79 Å². The molecule has 106 valence electrons. The van der Waals surface area contributed by atoms with Gasteiger partial charge in [-0.05, 0) is 56.4 Å². The summed E-state index contributed by atoms with van der Waals surface area (Å²) < 4.78 is 0. The van der Waals surface area contributed by atoms with Crippen molar-refractivity contribution >= 4 is 11.6 Å². The largest absolute Gasteiger partial charge is 0.350 e. The van der Waals surface area contributed by atoms with Gasteiger partial charge in [-0.1, -0.05) is 13.8 Å². The van der Waals surface area contributed by atoms with Gasteiger partial charge in [-0.25, -0.2) is 0 Å². The summed E-state index contributed by atoms with van der Waals surface area (Å²) in [5.74, 6) is 5.99. The zero-order chi connectivity index (χ0) is 14.4. The summed E-state index contributed by atoms with van der Waals surface area (Å²) in [6, 6.07) is 5.67. The van der Waals surface area contributed by atoms with Crippen LogP contribution in [0.5, 0.6) is 0 Å². The van der Waals surface area contributed by atoms with Crippen molar-refractivity contribution in [3.8, 4) is 0 Å². The highest BCUT2D eigenvalue weighted by Crippen LogP contribution is 2.15. The number of anilines is 1. The number of nitrogen functional groups attached to an aromatic ring is 1. The zero-order valence-corrected chi connectivity index (χ0v) is 12.3. The van der Waals surface area contributed by atoms with Crippen LogP contribution in [0.3, 0.4) is 0 Å². The van der Waals surface area contributed by atoms with Gasteiger partial charge in [0.05, 0.1) is 0 Å². The molecule has 0 aliphatic rings. The summed E-state index contributed by atoms with van der Waals surface area (Å²) >= 11 is 0. The van der Waals surface area contributed by atoms with Crippen LogP contribution in [0.25, 0.3) is 0 Å². The van der Waals surface area contributed by atoms with Crippen molar-refractivity contribution in [1.82, 2.24) is 5.32 Å². The number of carbonyl (C=O) groups is 1. The van der Waals surface area contributed by atoms with Crippen LogP contribution in [0.2, 0.25) is 0 Å². The number of benzene rings is 1. The number of rotatable bonds is 6. The Bertz CT molecular complexity index is 429.